The van der Waals surface area contributed by atoms with E-state index in [1.54, 1.807) is 0 Å². The Hall–Kier alpha value is -1.01. The molecule has 0 amide bonds. The van der Waals surface area contributed by atoms with Gasteiger partial charge in [0, 0.05) is 23.8 Å². The maximum atomic E-state index is 9.03. The van der Waals surface area contributed by atoms with Gasteiger partial charge in [0.15, 0.2) is 0 Å². The molecule has 1 aromatic carbocycles. The highest BCUT2D eigenvalue weighted by Crippen LogP contribution is 2.26. The highest BCUT2D eigenvalue weighted by Gasteiger charge is 2.20. The summed E-state index contributed by atoms with van der Waals surface area (Å²) in [5, 5.41) is 9.03. The van der Waals surface area contributed by atoms with Gasteiger partial charge < -0.3 is 4.90 Å². The number of nitrogens with zero attached hydrogens (tertiary/aromatic N) is 2. The van der Waals surface area contributed by atoms with Crippen LogP contribution in [0.2, 0.25) is 0 Å². The fraction of sp³-hybridized carbons (Fsp3) is 0.462. The number of nitriles is 1. The van der Waals surface area contributed by atoms with E-state index in [4.69, 9.17) is 5.26 Å². The standard InChI is InChI=1S/C13H17BrN2/c1-10-5-6-11(14)7-12(10)16(4)9-13(2,3)8-15/h5-7H,9H2,1-4H3. The zero-order valence-electron chi connectivity index (χ0n) is 10.2. The van der Waals surface area contributed by atoms with Crippen molar-refractivity contribution in [2.24, 2.45) is 5.41 Å². The van der Waals surface area contributed by atoms with Gasteiger partial charge in [-0.05, 0) is 38.5 Å². The Labute approximate surface area is 106 Å². The first-order valence-electron chi connectivity index (χ1n) is 5.24. The van der Waals surface area contributed by atoms with E-state index in [2.05, 4.69) is 46.0 Å². The van der Waals surface area contributed by atoms with E-state index in [1.807, 2.05) is 27.0 Å². The molecule has 0 radical (unpaired) electrons. The second kappa shape index (κ2) is 4.88. The number of rotatable bonds is 3. The summed E-state index contributed by atoms with van der Waals surface area (Å²) in [7, 11) is 2.02. The van der Waals surface area contributed by atoms with Crippen molar-refractivity contribution in [3.63, 3.8) is 0 Å². The van der Waals surface area contributed by atoms with Gasteiger partial charge in [-0.2, -0.15) is 5.26 Å². The average molecular weight is 281 g/mol. The molecule has 0 aliphatic carbocycles. The smallest absolute Gasteiger partial charge is 0.0702 e. The van der Waals surface area contributed by atoms with Crippen molar-refractivity contribution in [3.05, 3.63) is 28.2 Å². The first kappa shape index (κ1) is 13.1. The van der Waals surface area contributed by atoms with Crippen LogP contribution >= 0.6 is 15.9 Å². The fourth-order valence-corrected chi connectivity index (χ4v) is 2.06. The zero-order valence-corrected chi connectivity index (χ0v) is 11.8. The van der Waals surface area contributed by atoms with Crippen LogP contribution in [-0.2, 0) is 0 Å². The van der Waals surface area contributed by atoms with Crippen LogP contribution in [0.4, 0.5) is 5.69 Å². The van der Waals surface area contributed by atoms with Crippen molar-refractivity contribution in [3.8, 4) is 6.07 Å². The summed E-state index contributed by atoms with van der Waals surface area (Å²) >= 11 is 3.47. The Bertz CT molecular complexity index is 418. The van der Waals surface area contributed by atoms with Crippen molar-refractivity contribution in [1.29, 1.82) is 5.26 Å². The van der Waals surface area contributed by atoms with Crippen molar-refractivity contribution >= 4 is 21.6 Å². The van der Waals surface area contributed by atoms with Crippen LogP contribution in [0.15, 0.2) is 22.7 Å². The molecule has 0 heterocycles. The lowest BCUT2D eigenvalue weighted by molar-refractivity contribution is 0.497. The average Bonchev–Trinajstić information content (AvgIpc) is 2.21. The van der Waals surface area contributed by atoms with Gasteiger partial charge in [-0.15, -0.1) is 0 Å². The van der Waals surface area contributed by atoms with Crippen molar-refractivity contribution < 1.29 is 0 Å². The summed E-state index contributed by atoms with van der Waals surface area (Å²) in [6.45, 7) is 6.71. The predicted molar refractivity (Wildman–Crippen MR) is 71.5 cm³/mol. The third-order valence-corrected chi connectivity index (χ3v) is 3.01. The molecule has 0 aliphatic rings. The summed E-state index contributed by atoms with van der Waals surface area (Å²) in [4.78, 5) is 2.13. The molecular weight excluding hydrogens is 264 g/mol. The lowest BCUT2D eigenvalue weighted by Gasteiger charge is -2.27. The predicted octanol–water partition coefficient (Wildman–Crippen LogP) is 3.74. The van der Waals surface area contributed by atoms with Crippen LogP contribution in [0, 0.1) is 23.7 Å². The Morgan fingerprint density at radius 3 is 2.62 bits per heavy atom. The zero-order chi connectivity index (χ0) is 12.3. The normalized spacial score (nSPS) is 11.0. The number of anilines is 1. The molecule has 0 saturated heterocycles. The molecule has 16 heavy (non-hydrogen) atoms. The molecule has 1 rings (SSSR count). The molecule has 0 saturated carbocycles. The van der Waals surface area contributed by atoms with Gasteiger partial charge in [0.1, 0.15) is 0 Å². The molecule has 0 atom stereocenters. The van der Waals surface area contributed by atoms with Crippen LogP contribution in [0.3, 0.4) is 0 Å². The van der Waals surface area contributed by atoms with Gasteiger partial charge >= 0.3 is 0 Å². The summed E-state index contributed by atoms with van der Waals surface area (Å²) in [5.41, 5.74) is 2.06. The number of halogens is 1. The van der Waals surface area contributed by atoms with Gasteiger partial charge in [0.2, 0.25) is 0 Å². The Balaban J connectivity index is 2.93. The van der Waals surface area contributed by atoms with Crippen LogP contribution in [0.5, 0.6) is 0 Å². The third kappa shape index (κ3) is 3.24. The Kier molecular flexibility index (Phi) is 3.98. The maximum absolute atomic E-state index is 9.03. The lowest BCUT2D eigenvalue weighted by atomic mass is 9.95. The molecule has 0 aliphatic heterocycles. The van der Waals surface area contributed by atoms with Crippen LogP contribution < -0.4 is 4.90 Å². The Morgan fingerprint density at radius 2 is 2.06 bits per heavy atom. The quantitative estimate of drug-likeness (QED) is 0.843. The summed E-state index contributed by atoms with van der Waals surface area (Å²) in [6, 6.07) is 8.52. The van der Waals surface area contributed by atoms with E-state index >= 15 is 0 Å². The van der Waals surface area contributed by atoms with E-state index in [0.29, 0.717) is 0 Å². The molecule has 0 fully saturated rings. The van der Waals surface area contributed by atoms with E-state index in [0.717, 1.165) is 16.7 Å². The van der Waals surface area contributed by atoms with Gasteiger partial charge in [-0.1, -0.05) is 22.0 Å². The number of aryl methyl sites for hydroxylation is 1. The molecule has 3 heteroatoms. The van der Waals surface area contributed by atoms with Crippen LogP contribution in [-0.4, -0.2) is 13.6 Å². The molecule has 2 nitrogen and oxygen atoms in total. The van der Waals surface area contributed by atoms with Crippen molar-refractivity contribution in [1.82, 2.24) is 0 Å². The molecule has 0 spiro atoms. The van der Waals surface area contributed by atoms with E-state index in [1.165, 1.54) is 5.56 Å². The van der Waals surface area contributed by atoms with Gasteiger partial charge in [0.25, 0.3) is 0 Å². The van der Waals surface area contributed by atoms with Crippen LogP contribution in [0.25, 0.3) is 0 Å². The number of benzene rings is 1. The summed E-state index contributed by atoms with van der Waals surface area (Å²) in [5.74, 6) is 0. The van der Waals surface area contributed by atoms with Gasteiger partial charge in [-0.3, -0.25) is 0 Å². The van der Waals surface area contributed by atoms with Gasteiger partial charge in [0.05, 0.1) is 11.5 Å². The first-order chi connectivity index (χ1) is 7.35. The van der Waals surface area contributed by atoms with Gasteiger partial charge in [-0.25, -0.2) is 0 Å². The number of hydrogen-bond acceptors (Lipinski definition) is 2. The topological polar surface area (TPSA) is 27.0 Å². The third-order valence-electron chi connectivity index (χ3n) is 2.52. The van der Waals surface area contributed by atoms with E-state index in [-0.39, 0.29) is 5.41 Å². The highest BCUT2D eigenvalue weighted by atomic mass is 79.9. The monoisotopic (exact) mass is 280 g/mol. The molecule has 0 N–H and O–H groups in total. The minimum absolute atomic E-state index is 0.330. The molecule has 1 aromatic rings. The lowest BCUT2D eigenvalue weighted by Crippen LogP contribution is -2.30. The maximum Gasteiger partial charge on any atom is 0.0702 e. The second-order valence-corrected chi connectivity index (χ2v) is 5.70. The largest absolute Gasteiger partial charge is 0.373 e. The Morgan fingerprint density at radius 1 is 1.44 bits per heavy atom. The molecule has 86 valence electrons. The van der Waals surface area contributed by atoms with E-state index < -0.39 is 0 Å². The second-order valence-electron chi connectivity index (χ2n) is 4.78. The highest BCUT2D eigenvalue weighted by molar-refractivity contribution is 9.10. The summed E-state index contributed by atoms with van der Waals surface area (Å²) < 4.78 is 1.06. The number of hydrogen-bond donors (Lipinski definition) is 0. The first-order valence-corrected chi connectivity index (χ1v) is 6.03. The van der Waals surface area contributed by atoms with E-state index in [9.17, 15) is 0 Å². The van der Waals surface area contributed by atoms with Crippen LogP contribution in [0.1, 0.15) is 19.4 Å². The fourth-order valence-electron chi connectivity index (χ4n) is 1.71. The molecule has 0 unspecified atom stereocenters. The summed E-state index contributed by atoms with van der Waals surface area (Å²) in [6.07, 6.45) is 0. The van der Waals surface area contributed by atoms with Crippen molar-refractivity contribution in [2.75, 3.05) is 18.5 Å². The van der Waals surface area contributed by atoms with Crippen molar-refractivity contribution in [2.45, 2.75) is 20.8 Å². The minimum Gasteiger partial charge on any atom is -0.373 e. The molecule has 0 bridgehead atoms. The molecular formula is C13H17BrN2. The SMILES string of the molecule is Cc1ccc(Br)cc1N(C)CC(C)(C)C#N. The minimum atomic E-state index is -0.330. The molecule has 0 aromatic heterocycles.